The van der Waals surface area contributed by atoms with Crippen LogP contribution in [0.3, 0.4) is 0 Å². The number of nitrogens with one attached hydrogen (secondary N) is 1. The van der Waals surface area contributed by atoms with Gasteiger partial charge < -0.3 is 14.6 Å². The Morgan fingerprint density at radius 3 is 2.77 bits per heavy atom. The number of carbonyl (C=O) groups is 1. The van der Waals surface area contributed by atoms with Gasteiger partial charge in [0.05, 0.1) is 0 Å². The van der Waals surface area contributed by atoms with Crippen LogP contribution in [0.1, 0.15) is 31.3 Å². The van der Waals surface area contributed by atoms with E-state index in [4.69, 9.17) is 4.42 Å². The number of aromatic nitrogens is 2. The van der Waals surface area contributed by atoms with Gasteiger partial charge in [0.1, 0.15) is 6.04 Å². The highest BCUT2D eigenvalue weighted by Gasteiger charge is 2.23. The summed E-state index contributed by atoms with van der Waals surface area (Å²) in [6.45, 7) is 4.33. The number of hydrogen-bond acceptors (Lipinski definition) is 5. The Balaban J connectivity index is 1.50. The van der Waals surface area contributed by atoms with Crippen molar-refractivity contribution in [2.24, 2.45) is 0 Å². The van der Waals surface area contributed by atoms with E-state index in [1.165, 1.54) is 5.56 Å². The van der Waals surface area contributed by atoms with Gasteiger partial charge in [-0.15, -0.1) is 10.2 Å². The summed E-state index contributed by atoms with van der Waals surface area (Å²) in [5.74, 6) is 1.13. The number of amides is 1. The Hall–Kier alpha value is -3.15. The Bertz CT molecular complexity index is 936. The van der Waals surface area contributed by atoms with E-state index in [1.54, 1.807) is 6.92 Å². The number of nitrogens with zero attached hydrogens (tertiary/aromatic N) is 3. The molecule has 1 atom stereocenters. The third kappa shape index (κ3) is 3.06. The van der Waals surface area contributed by atoms with E-state index < -0.39 is 0 Å². The number of fused-ring (bicyclic) bond motifs is 1. The van der Waals surface area contributed by atoms with Crippen LogP contribution in [0.2, 0.25) is 0 Å². The average Bonchev–Trinajstić information content (AvgIpc) is 3.29. The molecular weight excluding hydrogens is 328 g/mol. The van der Waals surface area contributed by atoms with Gasteiger partial charge in [-0.3, -0.25) is 4.79 Å². The lowest BCUT2D eigenvalue weighted by molar-refractivity contribution is -0.116. The van der Waals surface area contributed by atoms with Crippen LogP contribution in [0.5, 0.6) is 0 Å². The predicted octanol–water partition coefficient (Wildman–Crippen LogP) is 3.82. The molecule has 0 radical (unpaired) electrons. The standard InChI is InChI=1S/C20H20N4O2/c1-13(19-22-23-20(26-19)15-6-4-3-5-7-15)21-17-8-9-18-16(12-17)10-11-24(18)14(2)25/h3-9,12-13,21H,10-11H2,1-2H3/t13-/m1/s1. The second-order valence-electron chi connectivity index (χ2n) is 6.44. The maximum absolute atomic E-state index is 11.7. The average molecular weight is 348 g/mol. The number of carbonyl (C=O) groups excluding carboxylic acids is 1. The highest BCUT2D eigenvalue weighted by Crippen LogP contribution is 2.32. The Labute approximate surface area is 151 Å². The highest BCUT2D eigenvalue weighted by atomic mass is 16.4. The summed E-state index contributed by atoms with van der Waals surface area (Å²) in [6, 6.07) is 15.6. The van der Waals surface area contributed by atoms with Gasteiger partial charge in [0.25, 0.3) is 0 Å². The molecule has 4 rings (SSSR count). The van der Waals surface area contributed by atoms with Crippen molar-refractivity contribution < 1.29 is 9.21 Å². The zero-order valence-corrected chi connectivity index (χ0v) is 14.8. The molecule has 0 bridgehead atoms. The molecular formula is C20H20N4O2. The SMILES string of the molecule is CC(=O)N1CCc2cc(N[C@H](C)c3nnc(-c4ccccc4)o3)ccc21. The molecule has 0 spiro atoms. The lowest BCUT2D eigenvalue weighted by Gasteiger charge is -2.16. The number of anilines is 2. The van der Waals surface area contributed by atoms with Crippen molar-refractivity contribution >= 4 is 17.3 Å². The van der Waals surface area contributed by atoms with Crippen molar-refractivity contribution in [2.75, 3.05) is 16.8 Å². The fourth-order valence-electron chi connectivity index (χ4n) is 3.24. The highest BCUT2D eigenvalue weighted by molar-refractivity contribution is 5.94. The first-order valence-electron chi connectivity index (χ1n) is 8.68. The van der Waals surface area contributed by atoms with Crippen molar-refractivity contribution in [3.05, 3.63) is 60.0 Å². The number of benzene rings is 2. The lowest BCUT2D eigenvalue weighted by Crippen LogP contribution is -2.25. The van der Waals surface area contributed by atoms with Crippen molar-refractivity contribution in [1.82, 2.24) is 10.2 Å². The van der Waals surface area contributed by atoms with Crippen LogP contribution in [0.25, 0.3) is 11.5 Å². The fourth-order valence-corrected chi connectivity index (χ4v) is 3.24. The van der Waals surface area contributed by atoms with Gasteiger partial charge in [-0.25, -0.2) is 0 Å². The minimum Gasteiger partial charge on any atom is -0.418 e. The van der Waals surface area contributed by atoms with Gasteiger partial charge in [-0.05, 0) is 49.2 Å². The molecule has 2 aromatic carbocycles. The Morgan fingerprint density at radius 2 is 2.00 bits per heavy atom. The lowest BCUT2D eigenvalue weighted by atomic mass is 10.1. The number of hydrogen-bond donors (Lipinski definition) is 1. The summed E-state index contributed by atoms with van der Waals surface area (Å²) >= 11 is 0. The molecule has 1 amide bonds. The number of rotatable bonds is 4. The molecule has 1 aliphatic heterocycles. The van der Waals surface area contributed by atoms with Crippen LogP contribution in [-0.2, 0) is 11.2 Å². The largest absolute Gasteiger partial charge is 0.418 e. The summed E-state index contributed by atoms with van der Waals surface area (Å²) in [5, 5.41) is 11.7. The quantitative estimate of drug-likeness (QED) is 0.776. The molecule has 1 N–H and O–H groups in total. The zero-order chi connectivity index (χ0) is 18.1. The van der Waals surface area contributed by atoms with Crippen molar-refractivity contribution in [3.63, 3.8) is 0 Å². The molecule has 0 saturated heterocycles. The molecule has 1 aliphatic rings. The minimum atomic E-state index is -0.122. The molecule has 0 fully saturated rings. The molecule has 6 nitrogen and oxygen atoms in total. The molecule has 1 aromatic heterocycles. The van der Waals surface area contributed by atoms with Crippen LogP contribution >= 0.6 is 0 Å². The summed E-state index contributed by atoms with van der Waals surface area (Å²) in [5.41, 5.74) is 4.05. The van der Waals surface area contributed by atoms with Crippen LogP contribution in [0.4, 0.5) is 11.4 Å². The first-order chi connectivity index (χ1) is 12.6. The first-order valence-corrected chi connectivity index (χ1v) is 8.68. The van der Waals surface area contributed by atoms with Gasteiger partial charge in [0.2, 0.25) is 17.7 Å². The van der Waals surface area contributed by atoms with Gasteiger partial charge in [-0.1, -0.05) is 18.2 Å². The predicted molar refractivity (Wildman–Crippen MR) is 99.9 cm³/mol. The van der Waals surface area contributed by atoms with Gasteiger partial charge in [0.15, 0.2) is 0 Å². The topological polar surface area (TPSA) is 71.3 Å². The Kier molecular flexibility index (Phi) is 4.16. The monoisotopic (exact) mass is 348 g/mol. The second kappa shape index (κ2) is 6.63. The van der Waals surface area contributed by atoms with Crippen LogP contribution < -0.4 is 10.2 Å². The van der Waals surface area contributed by atoms with Crippen molar-refractivity contribution in [2.45, 2.75) is 26.3 Å². The minimum absolute atomic E-state index is 0.0807. The van der Waals surface area contributed by atoms with E-state index in [2.05, 4.69) is 21.6 Å². The first kappa shape index (κ1) is 16.3. The van der Waals surface area contributed by atoms with Crippen LogP contribution in [0.15, 0.2) is 52.9 Å². The van der Waals surface area contributed by atoms with Gasteiger partial charge >= 0.3 is 0 Å². The van der Waals surface area contributed by atoms with E-state index in [-0.39, 0.29) is 11.9 Å². The van der Waals surface area contributed by atoms with Crippen LogP contribution in [0, 0.1) is 0 Å². The molecule has 6 heteroatoms. The van der Waals surface area contributed by atoms with Crippen molar-refractivity contribution in [3.8, 4) is 11.5 Å². The normalized spacial score (nSPS) is 14.2. The molecule has 3 aromatic rings. The zero-order valence-electron chi connectivity index (χ0n) is 14.8. The van der Waals surface area contributed by atoms with Crippen molar-refractivity contribution in [1.29, 1.82) is 0 Å². The molecule has 0 unspecified atom stereocenters. The fraction of sp³-hybridized carbons (Fsp3) is 0.250. The molecule has 0 aliphatic carbocycles. The summed E-state index contributed by atoms with van der Waals surface area (Å²) in [7, 11) is 0. The molecule has 2 heterocycles. The summed E-state index contributed by atoms with van der Waals surface area (Å²) in [4.78, 5) is 13.5. The van der Waals surface area contributed by atoms with E-state index >= 15 is 0 Å². The molecule has 26 heavy (non-hydrogen) atoms. The smallest absolute Gasteiger partial charge is 0.247 e. The Morgan fingerprint density at radius 1 is 1.19 bits per heavy atom. The maximum Gasteiger partial charge on any atom is 0.247 e. The maximum atomic E-state index is 11.7. The van der Waals surface area contributed by atoms with E-state index in [9.17, 15) is 4.79 Å². The second-order valence-corrected chi connectivity index (χ2v) is 6.44. The summed E-state index contributed by atoms with van der Waals surface area (Å²) < 4.78 is 5.81. The van der Waals surface area contributed by atoms with Gasteiger partial charge in [-0.2, -0.15) is 0 Å². The molecule has 0 saturated carbocycles. The van der Waals surface area contributed by atoms with E-state index in [1.807, 2.05) is 54.3 Å². The third-order valence-corrected chi connectivity index (χ3v) is 4.57. The third-order valence-electron chi connectivity index (χ3n) is 4.57. The van der Waals surface area contributed by atoms with E-state index in [0.717, 1.165) is 29.9 Å². The summed E-state index contributed by atoms with van der Waals surface area (Å²) in [6.07, 6.45) is 0.873. The van der Waals surface area contributed by atoms with Gasteiger partial charge in [0, 0.05) is 30.4 Å². The molecule has 132 valence electrons. The van der Waals surface area contributed by atoms with E-state index in [0.29, 0.717) is 11.8 Å². The van der Waals surface area contributed by atoms with Crippen LogP contribution in [-0.4, -0.2) is 22.6 Å².